The molecule has 2 aromatic carbocycles. The fraction of sp³-hybridized carbons (Fsp3) is 0.125. The Morgan fingerprint density at radius 3 is 2.11 bits per heavy atom. The Hall–Kier alpha value is -4.31. The lowest BCUT2D eigenvalue weighted by atomic mass is 9.30. The van der Waals surface area contributed by atoms with E-state index in [1.165, 1.54) is 0 Å². The summed E-state index contributed by atoms with van der Waals surface area (Å²) in [7, 11) is 0. The van der Waals surface area contributed by atoms with Crippen LogP contribution in [0.2, 0.25) is 0 Å². The zero-order chi connectivity index (χ0) is 26.6. The lowest BCUT2D eigenvalue weighted by molar-refractivity contribution is 0.320. The topological polar surface area (TPSA) is 36.9 Å². The van der Waals surface area contributed by atoms with E-state index >= 15 is 0 Å². The zero-order valence-electron chi connectivity index (χ0n) is 22.1. The summed E-state index contributed by atoms with van der Waals surface area (Å²) >= 11 is 0. The summed E-state index contributed by atoms with van der Waals surface area (Å²) in [5.74, 6) is 6.33. The Bertz CT molecular complexity index is 1600. The maximum atomic E-state index is 6.49. The maximum Gasteiger partial charge on any atom is 0.260 e. The number of rotatable bonds is 4. The molecule has 6 rings (SSSR count). The third-order valence-corrected chi connectivity index (χ3v) is 7.44. The van der Waals surface area contributed by atoms with Gasteiger partial charge in [-0.25, -0.2) is 0 Å². The minimum atomic E-state index is -0.0973. The summed E-state index contributed by atoms with van der Waals surface area (Å²) in [6, 6.07) is 10.3. The van der Waals surface area contributed by atoms with E-state index in [0.717, 1.165) is 73.1 Å². The smallest absolute Gasteiger partial charge is 0.260 e. The molecule has 186 valence electrons. The largest absolute Gasteiger partial charge is 0.463 e. The first-order chi connectivity index (χ1) is 18.5. The van der Waals surface area contributed by atoms with Gasteiger partial charge in [-0.05, 0) is 73.9 Å². The molecule has 2 aromatic rings. The molecule has 0 spiro atoms. The van der Waals surface area contributed by atoms with Crippen molar-refractivity contribution >= 4 is 29.8 Å². The van der Waals surface area contributed by atoms with Crippen molar-refractivity contribution < 1.29 is 18.9 Å². The van der Waals surface area contributed by atoms with Crippen molar-refractivity contribution in [3.63, 3.8) is 0 Å². The van der Waals surface area contributed by atoms with Crippen LogP contribution in [0.25, 0.3) is 0 Å². The van der Waals surface area contributed by atoms with Crippen molar-refractivity contribution in [2.45, 2.75) is 27.7 Å². The van der Waals surface area contributed by atoms with Crippen LogP contribution in [0, 0.1) is 0 Å². The van der Waals surface area contributed by atoms with Gasteiger partial charge in [0.15, 0.2) is 0 Å². The second-order valence-corrected chi connectivity index (χ2v) is 9.64. The molecule has 0 atom stereocenters. The van der Waals surface area contributed by atoms with Gasteiger partial charge in [0.1, 0.15) is 34.5 Å². The summed E-state index contributed by atoms with van der Waals surface area (Å²) in [6.45, 7) is 15.9. The molecule has 0 aliphatic carbocycles. The monoisotopic (exact) mass is 498 g/mol. The van der Waals surface area contributed by atoms with Crippen molar-refractivity contribution in [2.24, 2.45) is 0 Å². The molecule has 4 heterocycles. The molecule has 0 saturated carbocycles. The van der Waals surface area contributed by atoms with Crippen LogP contribution < -0.4 is 30.6 Å². The average molecular weight is 498 g/mol. The highest BCUT2D eigenvalue weighted by atomic mass is 16.5. The highest BCUT2D eigenvalue weighted by molar-refractivity contribution is 6.95. The highest BCUT2D eigenvalue weighted by Gasteiger charge is 2.45. The van der Waals surface area contributed by atoms with E-state index in [9.17, 15) is 0 Å². The van der Waals surface area contributed by atoms with Gasteiger partial charge in [0.25, 0.3) is 13.4 Å². The summed E-state index contributed by atoms with van der Waals surface area (Å²) in [5, 5.41) is 0. The van der Waals surface area contributed by atoms with Gasteiger partial charge in [-0.2, -0.15) is 0 Å². The van der Waals surface area contributed by atoms with Gasteiger partial charge in [-0.1, -0.05) is 55.7 Å². The van der Waals surface area contributed by atoms with E-state index in [4.69, 9.17) is 18.9 Å². The van der Waals surface area contributed by atoms with Crippen LogP contribution in [0.4, 0.5) is 0 Å². The van der Waals surface area contributed by atoms with Crippen molar-refractivity contribution in [2.75, 3.05) is 0 Å². The second-order valence-electron chi connectivity index (χ2n) is 9.64. The molecule has 0 radical (unpaired) electrons. The number of ether oxygens (including phenoxy) is 4. The van der Waals surface area contributed by atoms with Gasteiger partial charge in [0, 0.05) is 17.0 Å². The third kappa shape index (κ3) is 3.47. The van der Waals surface area contributed by atoms with Crippen LogP contribution in [-0.2, 0) is 4.74 Å². The number of hydrogen-bond acceptors (Lipinski definition) is 4. The molecule has 0 aromatic heterocycles. The second kappa shape index (κ2) is 9.21. The molecule has 0 bridgehead atoms. The van der Waals surface area contributed by atoms with E-state index < -0.39 is 0 Å². The Morgan fingerprint density at radius 1 is 0.737 bits per heavy atom. The first-order valence-electron chi connectivity index (χ1n) is 12.9. The molecule has 0 amide bonds. The van der Waals surface area contributed by atoms with Gasteiger partial charge < -0.3 is 18.9 Å². The fourth-order valence-electron chi connectivity index (χ4n) is 5.97. The van der Waals surface area contributed by atoms with Gasteiger partial charge in [0.2, 0.25) is 0 Å². The predicted octanol–water partition coefficient (Wildman–Crippen LogP) is 5.75. The minimum Gasteiger partial charge on any atom is -0.463 e. The van der Waals surface area contributed by atoms with Crippen LogP contribution in [0.15, 0.2) is 125 Å². The van der Waals surface area contributed by atoms with Crippen molar-refractivity contribution in [1.82, 2.24) is 0 Å². The molecule has 4 aliphatic rings. The molecule has 4 aliphatic heterocycles. The molecule has 38 heavy (non-hydrogen) atoms. The summed E-state index contributed by atoms with van der Waals surface area (Å²) in [4.78, 5) is 0. The molecule has 6 heteroatoms. The van der Waals surface area contributed by atoms with E-state index in [2.05, 4.69) is 37.5 Å². The van der Waals surface area contributed by atoms with Gasteiger partial charge in [-0.15, -0.1) is 0 Å². The van der Waals surface area contributed by atoms with Gasteiger partial charge >= 0.3 is 0 Å². The van der Waals surface area contributed by atoms with Crippen molar-refractivity contribution in [3.05, 3.63) is 125 Å². The summed E-state index contributed by atoms with van der Waals surface area (Å²) in [5.41, 5.74) is 6.34. The van der Waals surface area contributed by atoms with Crippen LogP contribution in [0.5, 0.6) is 23.0 Å². The zero-order valence-corrected chi connectivity index (χ0v) is 22.1. The quantitative estimate of drug-likeness (QED) is 0.504. The van der Waals surface area contributed by atoms with Crippen molar-refractivity contribution in [3.8, 4) is 23.0 Å². The lowest BCUT2D eigenvalue weighted by Gasteiger charge is -2.37. The Labute approximate surface area is 224 Å². The van der Waals surface area contributed by atoms with Crippen LogP contribution >= 0.6 is 0 Å². The normalized spacial score (nSPS) is 18.5. The van der Waals surface area contributed by atoms with Crippen LogP contribution in [-0.4, -0.2) is 13.4 Å². The van der Waals surface area contributed by atoms with E-state index in [0.29, 0.717) is 5.76 Å². The first-order valence-corrected chi connectivity index (χ1v) is 12.9. The Balaban J connectivity index is 1.63. The van der Waals surface area contributed by atoms with E-state index in [-0.39, 0.29) is 13.4 Å². The first kappa shape index (κ1) is 24.1. The summed E-state index contributed by atoms with van der Waals surface area (Å²) in [6.07, 6.45) is 13.7. The molecular weight excluding hydrogens is 470 g/mol. The van der Waals surface area contributed by atoms with E-state index in [1.54, 1.807) is 12.2 Å². The molecule has 4 nitrogen and oxygen atoms in total. The summed E-state index contributed by atoms with van der Waals surface area (Å²) < 4.78 is 25.5. The Morgan fingerprint density at radius 2 is 1.39 bits per heavy atom. The Kier molecular flexibility index (Phi) is 5.83. The standard InChI is InChI=1S/C32H28B2O4/c1-7-12-21-19(5)35-27-15-11-16-28-32(27)33(21)24-17-23-29(18-30(24)38-28)36-20(6)31-26(14-9-3)37-25(10-4)22(13-8-2)34(23)31/h7-18H,3-4H2,1-2,5-6H3/b12-7-,13-8-,26-14+. The van der Waals surface area contributed by atoms with Gasteiger partial charge in [-0.3, -0.25) is 0 Å². The predicted molar refractivity (Wildman–Crippen MR) is 156 cm³/mol. The number of allylic oxidation sites excluding steroid dienone is 12. The molecule has 0 unspecified atom stereocenters. The van der Waals surface area contributed by atoms with Gasteiger partial charge in [0.05, 0.1) is 11.5 Å². The molecule has 0 N–H and O–H groups in total. The third-order valence-electron chi connectivity index (χ3n) is 7.44. The lowest BCUT2D eigenvalue weighted by Crippen LogP contribution is -2.53. The SMILES string of the molecule is C=C/C=C1/OC(C=C)=C(/C=C\C)B2C1=C(C)Oc1cc3c(cc12)B1C(/C=C\C)=C(C)Oc2cccc(c21)O3. The molecule has 0 saturated heterocycles. The molecular formula is C32H28B2O4. The molecule has 0 fully saturated rings. The van der Waals surface area contributed by atoms with E-state index in [1.807, 2.05) is 64.1 Å². The van der Waals surface area contributed by atoms with Crippen molar-refractivity contribution in [1.29, 1.82) is 0 Å². The van der Waals surface area contributed by atoms with Crippen LogP contribution in [0.1, 0.15) is 27.7 Å². The van der Waals surface area contributed by atoms with Crippen LogP contribution in [0.3, 0.4) is 0 Å². The number of benzene rings is 2. The number of fused-ring (bicyclic) bond motifs is 5. The average Bonchev–Trinajstić information content (AvgIpc) is 2.90. The maximum absolute atomic E-state index is 6.49. The minimum absolute atomic E-state index is 0.0216. The highest BCUT2D eigenvalue weighted by Crippen LogP contribution is 2.41. The number of hydrogen-bond donors (Lipinski definition) is 0. The fourth-order valence-corrected chi connectivity index (χ4v) is 5.97.